The Hall–Kier alpha value is -3.27. The number of methoxy groups -OCH3 is 1. The molecule has 0 fully saturated rings. The van der Waals surface area contributed by atoms with Gasteiger partial charge in [0.25, 0.3) is 0 Å². The van der Waals surface area contributed by atoms with Crippen molar-refractivity contribution in [1.29, 1.82) is 0 Å². The number of nitrogens with one attached hydrogen (secondary N) is 1. The summed E-state index contributed by atoms with van der Waals surface area (Å²) in [6, 6.07) is 21.6. The molecule has 3 aromatic carbocycles. The molecular formula is C22H19NO3. The average molecular weight is 345 g/mol. The van der Waals surface area contributed by atoms with E-state index in [1.54, 1.807) is 7.11 Å². The van der Waals surface area contributed by atoms with Crippen LogP contribution in [0.15, 0.2) is 71.1 Å². The monoisotopic (exact) mass is 345 g/mol. The van der Waals surface area contributed by atoms with E-state index in [9.17, 15) is 4.79 Å². The Morgan fingerprint density at radius 3 is 2.54 bits per heavy atom. The lowest BCUT2D eigenvalue weighted by molar-refractivity contribution is -0.116. The first kappa shape index (κ1) is 16.2. The van der Waals surface area contributed by atoms with Crippen LogP contribution in [0.5, 0.6) is 5.75 Å². The number of ether oxygens (including phenoxy) is 1. The summed E-state index contributed by atoms with van der Waals surface area (Å²) < 4.78 is 11.4. The molecule has 4 rings (SSSR count). The Kier molecular flexibility index (Phi) is 4.32. The second kappa shape index (κ2) is 6.92. The van der Waals surface area contributed by atoms with Crippen LogP contribution in [-0.2, 0) is 11.2 Å². The van der Waals surface area contributed by atoms with E-state index in [0.717, 1.165) is 27.5 Å². The van der Waals surface area contributed by atoms with Crippen molar-refractivity contribution in [3.05, 3.63) is 72.3 Å². The quantitative estimate of drug-likeness (QED) is 0.543. The first-order valence-corrected chi connectivity index (χ1v) is 8.57. The minimum atomic E-state index is -0.0531. The SMILES string of the molecule is COc1cc2c(cc1NC(=O)CCc1ccccc1)oc1ccccc12. The maximum Gasteiger partial charge on any atom is 0.224 e. The number of carbonyl (C=O) groups excluding carboxylic acids is 1. The third-order valence-electron chi connectivity index (χ3n) is 4.46. The third-order valence-corrected chi connectivity index (χ3v) is 4.46. The Balaban J connectivity index is 1.59. The van der Waals surface area contributed by atoms with Gasteiger partial charge in [-0.05, 0) is 24.1 Å². The van der Waals surface area contributed by atoms with E-state index >= 15 is 0 Å². The second-order valence-corrected chi connectivity index (χ2v) is 6.18. The zero-order valence-corrected chi connectivity index (χ0v) is 14.5. The predicted octanol–water partition coefficient (Wildman–Crippen LogP) is 5.17. The van der Waals surface area contributed by atoms with Crippen LogP contribution >= 0.6 is 0 Å². The Labute approximate surface area is 151 Å². The van der Waals surface area contributed by atoms with Gasteiger partial charge in [0.1, 0.15) is 16.9 Å². The molecule has 0 atom stereocenters. The number of fused-ring (bicyclic) bond motifs is 3. The van der Waals surface area contributed by atoms with Crippen molar-refractivity contribution in [3.63, 3.8) is 0 Å². The molecule has 0 spiro atoms. The summed E-state index contributed by atoms with van der Waals surface area (Å²) in [4.78, 5) is 12.4. The van der Waals surface area contributed by atoms with Gasteiger partial charge in [0, 0.05) is 23.3 Å². The number of hydrogen-bond acceptors (Lipinski definition) is 3. The number of amides is 1. The molecule has 0 aliphatic carbocycles. The molecule has 4 aromatic rings. The van der Waals surface area contributed by atoms with Gasteiger partial charge in [-0.15, -0.1) is 0 Å². The van der Waals surface area contributed by atoms with Crippen LogP contribution in [0.1, 0.15) is 12.0 Å². The van der Waals surface area contributed by atoms with E-state index in [4.69, 9.17) is 9.15 Å². The number of hydrogen-bond donors (Lipinski definition) is 1. The van der Waals surface area contributed by atoms with Gasteiger partial charge in [-0.25, -0.2) is 0 Å². The van der Waals surface area contributed by atoms with Gasteiger partial charge < -0.3 is 14.5 Å². The first-order chi connectivity index (χ1) is 12.7. The summed E-state index contributed by atoms with van der Waals surface area (Å²) in [5.74, 6) is 0.569. The standard InChI is InChI=1S/C22H19NO3/c1-25-21-13-17-16-9-5-6-10-19(16)26-20(17)14-18(21)23-22(24)12-11-15-7-3-2-4-8-15/h2-10,13-14H,11-12H2,1H3,(H,23,24). The van der Waals surface area contributed by atoms with Gasteiger partial charge in [0.2, 0.25) is 5.91 Å². The van der Waals surface area contributed by atoms with Gasteiger partial charge in [0.15, 0.2) is 0 Å². The predicted molar refractivity (Wildman–Crippen MR) is 104 cm³/mol. The van der Waals surface area contributed by atoms with Crippen molar-refractivity contribution in [2.24, 2.45) is 0 Å². The summed E-state index contributed by atoms with van der Waals surface area (Å²) >= 11 is 0. The summed E-state index contributed by atoms with van der Waals surface area (Å²) in [5.41, 5.74) is 3.31. The molecule has 0 saturated carbocycles. The zero-order valence-electron chi connectivity index (χ0n) is 14.5. The lowest BCUT2D eigenvalue weighted by Gasteiger charge is -2.10. The molecule has 0 radical (unpaired) electrons. The maximum atomic E-state index is 12.4. The van der Waals surface area contributed by atoms with E-state index in [1.165, 1.54) is 0 Å². The van der Waals surface area contributed by atoms with Crippen LogP contribution in [0, 0.1) is 0 Å². The van der Waals surface area contributed by atoms with E-state index in [2.05, 4.69) is 5.32 Å². The summed E-state index contributed by atoms with van der Waals surface area (Å²) in [6.45, 7) is 0. The van der Waals surface area contributed by atoms with Gasteiger partial charge in [-0.2, -0.15) is 0 Å². The average Bonchev–Trinajstić information content (AvgIpc) is 3.04. The molecule has 1 N–H and O–H groups in total. The number of aryl methyl sites for hydroxylation is 1. The lowest BCUT2D eigenvalue weighted by Crippen LogP contribution is -2.13. The number of anilines is 1. The van der Waals surface area contributed by atoms with Gasteiger partial charge in [0.05, 0.1) is 12.8 Å². The van der Waals surface area contributed by atoms with Crippen molar-refractivity contribution in [1.82, 2.24) is 0 Å². The minimum absolute atomic E-state index is 0.0531. The molecule has 1 heterocycles. The largest absolute Gasteiger partial charge is 0.495 e. The molecule has 1 aromatic heterocycles. The fourth-order valence-electron chi connectivity index (χ4n) is 3.13. The topological polar surface area (TPSA) is 51.5 Å². The van der Waals surface area contributed by atoms with Crippen LogP contribution in [0.3, 0.4) is 0 Å². The van der Waals surface area contributed by atoms with E-state index in [-0.39, 0.29) is 5.91 Å². The smallest absolute Gasteiger partial charge is 0.224 e. The van der Waals surface area contributed by atoms with Crippen LogP contribution < -0.4 is 10.1 Å². The maximum absolute atomic E-state index is 12.4. The lowest BCUT2D eigenvalue weighted by atomic mass is 10.1. The highest BCUT2D eigenvalue weighted by molar-refractivity contribution is 6.07. The Morgan fingerprint density at radius 1 is 0.962 bits per heavy atom. The fraction of sp³-hybridized carbons (Fsp3) is 0.136. The molecular weight excluding hydrogens is 326 g/mol. The van der Waals surface area contributed by atoms with Crippen LogP contribution in [0.25, 0.3) is 21.9 Å². The number of rotatable bonds is 5. The molecule has 0 aliphatic rings. The van der Waals surface area contributed by atoms with Crippen molar-refractivity contribution >= 4 is 33.5 Å². The summed E-state index contributed by atoms with van der Waals surface area (Å²) in [7, 11) is 1.60. The molecule has 0 unspecified atom stereocenters. The van der Waals surface area contributed by atoms with E-state index in [0.29, 0.717) is 24.3 Å². The van der Waals surface area contributed by atoms with Gasteiger partial charge in [-0.1, -0.05) is 48.5 Å². The molecule has 4 heteroatoms. The zero-order chi connectivity index (χ0) is 17.9. The van der Waals surface area contributed by atoms with E-state index in [1.807, 2.05) is 66.7 Å². The molecule has 130 valence electrons. The highest BCUT2D eigenvalue weighted by Gasteiger charge is 2.14. The number of furan rings is 1. The third kappa shape index (κ3) is 3.14. The molecule has 0 bridgehead atoms. The van der Waals surface area contributed by atoms with Crippen LogP contribution in [0.2, 0.25) is 0 Å². The van der Waals surface area contributed by atoms with Crippen molar-refractivity contribution in [2.45, 2.75) is 12.8 Å². The van der Waals surface area contributed by atoms with Gasteiger partial charge in [-0.3, -0.25) is 4.79 Å². The second-order valence-electron chi connectivity index (χ2n) is 6.18. The summed E-state index contributed by atoms with van der Waals surface area (Å²) in [5, 5.41) is 4.95. The molecule has 0 aliphatic heterocycles. The molecule has 26 heavy (non-hydrogen) atoms. The summed E-state index contributed by atoms with van der Waals surface area (Å²) in [6.07, 6.45) is 1.10. The Bertz CT molecular complexity index is 1070. The van der Waals surface area contributed by atoms with Crippen molar-refractivity contribution in [2.75, 3.05) is 12.4 Å². The first-order valence-electron chi connectivity index (χ1n) is 8.57. The highest BCUT2D eigenvalue weighted by Crippen LogP contribution is 2.36. The van der Waals surface area contributed by atoms with Crippen molar-refractivity contribution < 1.29 is 13.9 Å². The van der Waals surface area contributed by atoms with Crippen LogP contribution in [-0.4, -0.2) is 13.0 Å². The Morgan fingerprint density at radius 2 is 1.73 bits per heavy atom. The normalized spacial score (nSPS) is 11.0. The van der Waals surface area contributed by atoms with E-state index < -0.39 is 0 Å². The number of benzene rings is 3. The number of carbonyl (C=O) groups is 1. The fourth-order valence-corrected chi connectivity index (χ4v) is 3.13. The number of para-hydroxylation sites is 1. The van der Waals surface area contributed by atoms with Gasteiger partial charge >= 0.3 is 0 Å². The minimum Gasteiger partial charge on any atom is -0.495 e. The van der Waals surface area contributed by atoms with Crippen LogP contribution in [0.4, 0.5) is 5.69 Å². The van der Waals surface area contributed by atoms with Crippen molar-refractivity contribution in [3.8, 4) is 5.75 Å². The highest BCUT2D eigenvalue weighted by atomic mass is 16.5. The molecule has 4 nitrogen and oxygen atoms in total. The molecule has 0 saturated heterocycles. The molecule has 1 amide bonds.